The van der Waals surface area contributed by atoms with Crippen LogP contribution >= 0.6 is 0 Å². The number of hydrogen-bond acceptors (Lipinski definition) is 4. The molecule has 0 aliphatic rings. The van der Waals surface area contributed by atoms with Crippen molar-refractivity contribution in [2.75, 3.05) is 14.2 Å². The Labute approximate surface area is 161 Å². The summed E-state index contributed by atoms with van der Waals surface area (Å²) in [6, 6.07) is 5.12. The minimum atomic E-state index is -0.484. The van der Waals surface area contributed by atoms with E-state index in [0.29, 0.717) is 17.3 Å². The highest BCUT2D eigenvalue weighted by Gasteiger charge is 2.29. The number of carbonyl (C=O) groups excluding carboxylic acids is 1. The summed E-state index contributed by atoms with van der Waals surface area (Å²) in [5.74, 6) is 1.89. The van der Waals surface area contributed by atoms with E-state index in [2.05, 4.69) is 10.3 Å². The van der Waals surface area contributed by atoms with Crippen molar-refractivity contribution in [1.82, 2.24) is 19.8 Å². The monoisotopic (exact) mass is 374 g/mol. The average Bonchev–Trinajstić information content (AvgIpc) is 3.04. The largest absolute Gasteiger partial charge is 0.493 e. The molecule has 0 aliphatic heterocycles. The highest BCUT2D eigenvalue weighted by Crippen LogP contribution is 2.36. The van der Waals surface area contributed by atoms with Crippen LogP contribution in [0.25, 0.3) is 0 Å². The molecule has 2 amide bonds. The molecule has 0 fully saturated rings. The van der Waals surface area contributed by atoms with Crippen molar-refractivity contribution in [3.8, 4) is 11.5 Å². The maximum absolute atomic E-state index is 13.1. The first-order valence-electron chi connectivity index (χ1n) is 9.08. The highest BCUT2D eigenvalue weighted by atomic mass is 16.5. The van der Waals surface area contributed by atoms with Gasteiger partial charge in [0.1, 0.15) is 11.9 Å². The molecule has 27 heavy (non-hydrogen) atoms. The number of amides is 2. The Hall–Kier alpha value is -2.70. The van der Waals surface area contributed by atoms with E-state index in [1.54, 1.807) is 20.4 Å². The molecule has 7 nitrogen and oxygen atoms in total. The van der Waals surface area contributed by atoms with Crippen molar-refractivity contribution in [2.24, 2.45) is 7.05 Å². The van der Waals surface area contributed by atoms with Crippen molar-refractivity contribution in [3.05, 3.63) is 42.0 Å². The highest BCUT2D eigenvalue weighted by molar-refractivity contribution is 5.76. The molecule has 0 saturated carbocycles. The molecule has 0 saturated heterocycles. The number of hydrogen-bond donors (Lipinski definition) is 1. The topological polar surface area (TPSA) is 68.6 Å². The predicted octanol–water partition coefficient (Wildman–Crippen LogP) is 3.36. The molecule has 1 atom stereocenters. The number of aryl methyl sites for hydroxylation is 1. The van der Waals surface area contributed by atoms with Gasteiger partial charge in [0.15, 0.2) is 11.5 Å². The average molecular weight is 374 g/mol. The van der Waals surface area contributed by atoms with Crippen LogP contribution < -0.4 is 14.8 Å². The summed E-state index contributed by atoms with van der Waals surface area (Å²) >= 11 is 0. The zero-order valence-electron chi connectivity index (χ0n) is 17.2. The number of ether oxygens (including phenoxy) is 2. The van der Waals surface area contributed by atoms with E-state index in [4.69, 9.17) is 9.47 Å². The second kappa shape index (κ2) is 8.79. The van der Waals surface area contributed by atoms with Crippen LogP contribution in [-0.2, 0) is 7.05 Å². The van der Waals surface area contributed by atoms with Crippen molar-refractivity contribution in [2.45, 2.75) is 45.8 Å². The summed E-state index contributed by atoms with van der Waals surface area (Å²) < 4.78 is 12.9. The first-order chi connectivity index (χ1) is 12.8. The minimum absolute atomic E-state index is 0.0687. The van der Waals surface area contributed by atoms with Gasteiger partial charge in [-0.2, -0.15) is 0 Å². The number of nitrogens with one attached hydrogen (secondary N) is 1. The van der Waals surface area contributed by atoms with Crippen LogP contribution in [0.4, 0.5) is 4.79 Å². The van der Waals surface area contributed by atoms with Crippen LogP contribution in [0, 0.1) is 0 Å². The second-order valence-corrected chi connectivity index (χ2v) is 6.96. The summed E-state index contributed by atoms with van der Waals surface area (Å²) in [5, 5.41) is 3.13. The first kappa shape index (κ1) is 20.6. The van der Waals surface area contributed by atoms with Crippen LogP contribution in [0.2, 0.25) is 0 Å². The van der Waals surface area contributed by atoms with Crippen LogP contribution in [0.15, 0.2) is 30.6 Å². The normalized spacial score (nSPS) is 12.2. The van der Waals surface area contributed by atoms with E-state index in [1.165, 1.54) is 0 Å². The number of rotatable bonds is 7. The third-order valence-corrected chi connectivity index (χ3v) is 4.48. The van der Waals surface area contributed by atoms with E-state index in [1.807, 2.05) is 68.6 Å². The molecular weight excluding hydrogens is 344 g/mol. The van der Waals surface area contributed by atoms with E-state index in [0.717, 1.165) is 5.56 Å². The predicted molar refractivity (Wildman–Crippen MR) is 105 cm³/mol. The standard InChI is InChI=1S/C20H30N4O3/c1-13(2)24(14(3)4)20(25)22-17(19-21-11-12-23(19)5)15-9-8-10-16(26-6)18(15)27-7/h8-14,17H,1-7H3,(H,22,25)/t17-/m1/s1. The maximum atomic E-state index is 13.1. The fraction of sp³-hybridized carbons (Fsp3) is 0.500. The molecule has 2 aromatic rings. The Bertz CT molecular complexity index is 762. The third kappa shape index (κ3) is 4.35. The Kier molecular flexibility index (Phi) is 6.71. The molecular formula is C20H30N4O3. The zero-order chi connectivity index (χ0) is 20.1. The van der Waals surface area contributed by atoms with Gasteiger partial charge in [-0.1, -0.05) is 12.1 Å². The van der Waals surface area contributed by atoms with E-state index >= 15 is 0 Å². The number of aromatic nitrogens is 2. The van der Waals surface area contributed by atoms with Crippen LogP contribution in [-0.4, -0.2) is 46.8 Å². The summed E-state index contributed by atoms with van der Waals surface area (Å²) in [6.07, 6.45) is 3.56. The van der Waals surface area contributed by atoms with Crippen molar-refractivity contribution in [3.63, 3.8) is 0 Å². The Morgan fingerprint density at radius 3 is 2.30 bits per heavy atom. The third-order valence-electron chi connectivity index (χ3n) is 4.48. The number of nitrogens with zero attached hydrogens (tertiary/aromatic N) is 3. The molecule has 0 aliphatic carbocycles. The molecule has 2 rings (SSSR count). The summed E-state index contributed by atoms with van der Waals surface area (Å²) in [6.45, 7) is 8.01. The lowest BCUT2D eigenvalue weighted by Crippen LogP contribution is -2.49. The second-order valence-electron chi connectivity index (χ2n) is 6.96. The van der Waals surface area contributed by atoms with Gasteiger partial charge in [-0.25, -0.2) is 9.78 Å². The molecule has 1 heterocycles. The number of para-hydroxylation sites is 1. The summed E-state index contributed by atoms with van der Waals surface area (Å²) in [5.41, 5.74) is 0.784. The molecule has 0 bridgehead atoms. The lowest BCUT2D eigenvalue weighted by Gasteiger charge is -2.33. The number of benzene rings is 1. The van der Waals surface area contributed by atoms with Gasteiger partial charge < -0.3 is 24.3 Å². The molecule has 0 radical (unpaired) electrons. The molecule has 1 aromatic carbocycles. The number of urea groups is 1. The van der Waals surface area contributed by atoms with Gasteiger partial charge in [-0.3, -0.25) is 0 Å². The maximum Gasteiger partial charge on any atom is 0.318 e. The molecule has 0 unspecified atom stereocenters. The van der Waals surface area contributed by atoms with Crippen molar-refractivity contribution < 1.29 is 14.3 Å². The lowest BCUT2D eigenvalue weighted by atomic mass is 10.0. The van der Waals surface area contributed by atoms with Crippen molar-refractivity contribution in [1.29, 1.82) is 0 Å². The van der Waals surface area contributed by atoms with Crippen molar-refractivity contribution >= 4 is 6.03 Å². The Morgan fingerprint density at radius 2 is 1.81 bits per heavy atom. The van der Waals surface area contributed by atoms with Gasteiger partial charge in [0, 0.05) is 37.1 Å². The summed E-state index contributed by atoms with van der Waals surface area (Å²) in [4.78, 5) is 19.3. The zero-order valence-corrected chi connectivity index (χ0v) is 17.2. The quantitative estimate of drug-likeness (QED) is 0.807. The molecule has 1 N–H and O–H groups in total. The van der Waals surface area contributed by atoms with E-state index in [9.17, 15) is 4.79 Å². The van der Waals surface area contributed by atoms with Gasteiger partial charge in [0.2, 0.25) is 0 Å². The SMILES string of the molecule is COc1cccc([C@@H](NC(=O)N(C(C)C)C(C)C)c2nccn2C)c1OC. The van der Waals surface area contributed by atoms with Crippen LogP contribution in [0.5, 0.6) is 11.5 Å². The van der Waals surface area contributed by atoms with Gasteiger partial charge in [0.25, 0.3) is 0 Å². The smallest absolute Gasteiger partial charge is 0.318 e. The van der Waals surface area contributed by atoms with Gasteiger partial charge in [-0.15, -0.1) is 0 Å². The van der Waals surface area contributed by atoms with E-state index < -0.39 is 6.04 Å². The van der Waals surface area contributed by atoms with Crippen LogP contribution in [0.1, 0.15) is 45.1 Å². The minimum Gasteiger partial charge on any atom is -0.493 e. The molecule has 148 valence electrons. The van der Waals surface area contributed by atoms with E-state index in [-0.39, 0.29) is 18.1 Å². The molecule has 1 aromatic heterocycles. The number of imidazole rings is 1. The first-order valence-corrected chi connectivity index (χ1v) is 9.08. The van der Waals surface area contributed by atoms with Gasteiger partial charge in [-0.05, 0) is 33.8 Å². The Morgan fingerprint density at radius 1 is 1.15 bits per heavy atom. The fourth-order valence-electron chi connectivity index (χ4n) is 3.34. The van der Waals surface area contributed by atoms with Crippen LogP contribution in [0.3, 0.4) is 0 Å². The van der Waals surface area contributed by atoms with Gasteiger partial charge >= 0.3 is 6.03 Å². The molecule has 7 heteroatoms. The Balaban J connectivity index is 2.52. The van der Waals surface area contributed by atoms with Gasteiger partial charge in [0.05, 0.1) is 14.2 Å². The lowest BCUT2D eigenvalue weighted by molar-refractivity contribution is 0.162. The number of carbonyl (C=O) groups is 1. The summed E-state index contributed by atoms with van der Waals surface area (Å²) in [7, 11) is 5.08. The fourth-order valence-corrected chi connectivity index (χ4v) is 3.34. The molecule has 0 spiro atoms. The number of methoxy groups -OCH3 is 2.